The number of halogens is 1. The number of fused-ring (bicyclic) bond motifs is 1. The molecule has 2 nitrogen and oxygen atoms in total. The van der Waals surface area contributed by atoms with Crippen molar-refractivity contribution in [3.8, 4) is 0 Å². The standard InChI is InChI=1S/C10H15ClN2/c11-10-9(5-12)8-4-2-1-3-7(8)6-13-10/h6,10,13H,1-5,12H2. The van der Waals surface area contributed by atoms with Gasteiger partial charge in [-0.1, -0.05) is 11.6 Å². The summed E-state index contributed by atoms with van der Waals surface area (Å²) < 4.78 is 0. The summed E-state index contributed by atoms with van der Waals surface area (Å²) in [4.78, 5) is 0. The first-order valence-corrected chi connectivity index (χ1v) is 5.28. The smallest absolute Gasteiger partial charge is 0.124 e. The molecular weight excluding hydrogens is 184 g/mol. The largest absolute Gasteiger partial charge is 0.372 e. The molecule has 2 aliphatic rings. The van der Waals surface area contributed by atoms with Gasteiger partial charge in [-0.15, -0.1) is 0 Å². The zero-order valence-corrected chi connectivity index (χ0v) is 8.40. The van der Waals surface area contributed by atoms with Gasteiger partial charge in [0.1, 0.15) is 5.50 Å². The van der Waals surface area contributed by atoms with Gasteiger partial charge in [0.2, 0.25) is 0 Å². The van der Waals surface area contributed by atoms with Crippen LogP contribution in [0.5, 0.6) is 0 Å². The molecule has 0 amide bonds. The molecule has 1 aliphatic heterocycles. The summed E-state index contributed by atoms with van der Waals surface area (Å²) in [5.74, 6) is 0. The van der Waals surface area contributed by atoms with Crippen LogP contribution in [0.15, 0.2) is 22.9 Å². The molecule has 1 unspecified atom stereocenters. The third kappa shape index (κ3) is 1.61. The van der Waals surface area contributed by atoms with Crippen molar-refractivity contribution in [1.29, 1.82) is 0 Å². The van der Waals surface area contributed by atoms with Crippen LogP contribution in [0.4, 0.5) is 0 Å². The van der Waals surface area contributed by atoms with Gasteiger partial charge in [0.05, 0.1) is 0 Å². The fraction of sp³-hybridized carbons (Fsp3) is 0.600. The Morgan fingerprint density at radius 2 is 2.23 bits per heavy atom. The molecule has 1 heterocycles. The third-order valence-corrected chi connectivity index (χ3v) is 3.22. The molecule has 3 N–H and O–H groups in total. The lowest BCUT2D eigenvalue weighted by molar-refractivity contribution is 0.640. The minimum atomic E-state index is -0.0816. The van der Waals surface area contributed by atoms with Gasteiger partial charge in [-0.25, -0.2) is 0 Å². The minimum absolute atomic E-state index is 0.0816. The Hall–Kier alpha value is -0.470. The summed E-state index contributed by atoms with van der Waals surface area (Å²) in [6, 6.07) is 0. The predicted molar refractivity (Wildman–Crippen MR) is 55.4 cm³/mol. The molecular formula is C10H15ClN2. The summed E-state index contributed by atoms with van der Waals surface area (Å²) >= 11 is 6.11. The van der Waals surface area contributed by atoms with Gasteiger partial charge in [0.15, 0.2) is 0 Å². The predicted octanol–water partition coefficient (Wildman–Crippen LogP) is 1.87. The maximum absolute atomic E-state index is 6.11. The molecule has 0 aromatic heterocycles. The Labute approximate surface area is 83.8 Å². The van der Waals surface area contributed by atoms with E-state index in [0.29, 0.717) is 6.54 Å². The molecule has 1 fully saturated rings. The Bertz CT molecular complexity index is 268. The van der Waals surface area contributed by atoms with Crippen LogP contribution >= 0.6 is 11.6 Å². The van der Waals surface area contributed by atoms with E-state index in [-0.39, 0.29) is 5.50 Å². The number of rotatable bonds is 1. The summed E-state index contributed by atoms with van der Waals surface area (Å²) in [5.41, 5.74) is 9.65. The summed E-state index contributed by atoms with van der Waals surface area (Å²) in [6.07, 6.45) is 6.96. The fourth-order valence-corrected chi connectivity index (χ4v) is 2.39. The molecule has 0 saturated heterocycles. The highest BCUT2D eigenvalue weighted by atomic mass is 35.5. The van der Waals surface area contributed by atoms with Gasteiger partial charge >= 0.3 is 0 Å². The van der Waals surface area contributed by atoms with E-state index in [0.717, 1.165) is 6.42 Å². The van der Waals surface area contributed by atoms with Crippen molar-refractivity contribution in [2.24, 2.45) is 5.73 Å². The molecule has 0 radical (unpaired) electrons. The van der Waals surface area contributed by atoms with Crippen molar-refractivity contribution in [3.05, 3.63) is 22.9 Å². The fourth-order valence-electron chi connectivity index (χ4n) is 2.11. The summed E-state index contributed by atoms with van der Waals surface area (Å²) in [5, 5.41) is 3.15. The van der Waals surface area contributed by atoms with Gasteiger partial charge in [0.25, 0.3) is 0 Å². The zero-order chi connectivity index (χ0) is 9.26. The molecule has 0 aromatic rings. The second kappa shape index (κ2) is 3.72. The highest BCUT2D eigenvalue weighted by molar-refractivity contribution is 6.22. The van der Waals surface area contributed by atoms with Gasteiger partial charge in [-0.3, -0.25) is 0 Å². The molecule has 0 spiro atoms. The second-order valence-electron chi connectivity index (χ2n) is 3.61. The average Bonchev–Trinajstić information content (AvgIpc) is 2.18. The highest BCUT2D eigenvalue weighted by Crippen LogP contribution is 2.34. The average molecular weight is 199 g/mol. The van der Waals surface area contributed by atoms with Crippen molar-refractivity contribution in [2.75, 3.05) is 6.54 Å². The number of alkyl halides is 1. The number of dihydropyridines is 1. The van der Waals surface area contributed by atoms with E-state index in [1.807, 2.05) is 0 Å². The van der Waals surface area contributed by atoms with Crippen molar-refractivity contribution < 1.29 is 0 Å². The normalized spacial score (nSPS) is 27.8. The lowest BCUT2D eigenvalue weighted by atomic mass is 9.85. The van der Waals surface area contributed by atoms with E-state index < -0.39 is 0 Å². The first-order chi connectivity index (χ1) is 6.33. The SMILES string of the molecule is NCC1=C2CCCCC2=CNC1Cl. The van der Waals surface area contributed by atoms with E-state index in [9.17, 15) is 0 Å². The topological polar surface area (TPSA) is 38.0 Å². The van der Waals surface area contributed by atoms with Crippen LogP contribution in [0, 0.1) is 0 Å². The maximum atomic E-state index is 6.11. The zero-order valence-electron chi connectivity index (χ0n) is 7.65. The van der Waals surface area contributed by atoms with Crippen molar-refractivity contribution in [2.45, 2.75) is 31.2 Å². The molecule has 1 saturated carbocycles. The van der Waals surface area contributed by atoms with E-state index in [2.05, 4.69) is 11.5 Å². The first kappa shape index (κ1) is 9.10. The Kier molecular flexibility index (Phi) is 2.61. The van der Waals surface area contributed by atoms with Gasteiger partial charge < -0.3 is 11.1 Å². The van der Waals surface area contributed by atoms with Crippen molar-refractivity contribution >= 4 is 11.6 Å². The number of nitrogens with one attached hydrogen (secondary N) is 1. The monoisotopic (exact) mass is 198 g/mol. The van der Waals surface area contributed by atoms with Crippen molar-refractivity contribution in [1.82, 2.24) is 5.32 Å². The van der Waals surface area contributed by atoms with Gasteiger partial charge in [0, 0.05) is 12.7 Å². The second-order valence-corrected chi connectivity index (χ2v) is 4.05. The van der Waals surface area contributed by atoms with Crippen LogP contribution < -0.4 is 11.1 Å². The molecule has 1 atom stereocenters. The van der Waals surface area contributed by atoms with E-state index in [1.165, 1.54) is 36.0 Å². The molecule has 0 aromatic carbocycles. The molecule has 0 bridgehead atoms. The molecule has 2 rings (SSSR count). The quantitative estimate of drug-likeness (QED) is 0.499. The number of hydrogen-bond donors (Lipinski definition) is 2. The number of nitrogens with two attached hydrogens (primary N) is 1. The maximum Gasteiger partial charge on any atom is 0.124 e. The number of allylic oxidation sites excluding steroid dienone is 2. The van der Waals surface area contributed by atoms with E-state index in [1.54, 1.807) is 0 Å². The Morgan fingerprint density at radius 3 is 3.00 bits per heavy atom. The third-order valence-electron chi connectivity index (χ3n) is 2.83. The van der Waals surface area contributed by atoms with Crippen LogP contribution in [0.25, 0.3) is 0 Å². The summed E-state index contributed by atoms with van der Waals surface area (Å²) in [6.45, 7) is 0.577. The lowest BCUT2D eigenvalue weighted by Crippen LogP contribution is -2.31. The van der Waals surface area contributed by atoms with Crippen LogP contribution in [-0.2, 0) is 0 Å². The van der Waals surface area contributed by atoms with Gasteiger partial charge in [-0.05, 0) is 42.4 Å². The van der Waals surface area contributed by atoms with Crippen molar-refractivity contribution in [3.63, 3.8) is 0 Å². The summed E-state index contributed by atoms with van der Waals surface area (Å²) in [7, 11) is 0. The molecule has 1 aliphatic carbocycles. The van der Waals surface area contributed by atoms with Gasteiger partial charge in [-0.2, -0.15) is 0 Å². The molecule has 3 heteroatoms. The lowest BCUT2D eigenvalue weighted by Gasteiger charge is -2.29. The Morgan fingerprint density at radius 1 is 1.46 bits per heavy atom. The minimum Gasteiger partial charge on any atom is -0.372 e. The van der Waals surface area contributed by atoms with Crippen LogP contribution in [0.2, 0.25) is 0 Å². The Balaban J connectivity index is 2.32. The first-order valence-electron chi connectivity index (χ1n) is 4.84. The van der Waals surface area contributed by atoms with E-state index >= 15 is 0 Å². The highest BCUT2D eigenvalue weighted by Gasteiger charge is 2.23. The molecule has 72 valence electrons. The molecule has 13 heavy (non-hydrogen) atoms. The van der Waals surface area contributed by atoms with Crippen LogP contribution in [0.3, 0.4) is 0 Å². The number of hydrogen-bond acceptors (Lipinski definition) is 2. The van der Waals surface area contributed by atoms with Crippen LogP contribution in [-0.4, -0.2) is 12.0 Å². The van der Waals surface area contributed by atoms with E-state index in [4.69, 9.17) is 17.3 Å². The van der Waals surface area contributed by atoms with Crippen LogP contribution in [0.1, 0.15) is 25.7 Å².